The van der Waals surface area contributed by atoms with Crippen LogP contribution in [-0.2, 0) is 5.41 Å². The monoisotopic (exact) mass is 529 g/mol. The molecule has 1 aliphatic carbocycles. The van der Waals surface area contributed by atoms with Crippen LogP contribution in [0, 0.1) is 11.6 Å². The summed E-state index contributed by atoms with van der Waals surface area (Å²) in [6, 6.07) is 34.8. The first-order valence-electron chi connectivity index (χ1n) is 13.8. The van der Waals surface area contributed by atoms with Crippen LogP contribution in [0.15, 0.2) is 109 Å². The van der Waals surface area contributed by atoms with Crippen LogP contribution in [0.3, 0.4) is 0 Å². The average Bonchev–Trinajstić information content (AvgIpc) is 3.17. The standard InChI is InChI=1S/C37H33F2N/c1-36(2,3)40(32-21-12-11-20-31(32)38)35-29(23-22-25(34(35)39)24-14-7-6-8-15-24)28-18-13-17-27-26-16-9-10-19-30(26)37(4,5)33(27)28/h6-23H,1-5H3. The molecule has 3 heteroatoms. The Morgan fingerprint density at radius 2 is 1.15 bits per heavy atom. The number of nitrogens with zero attached hydrogens (tertiary/aromatic N) is 1. The number of anilines is 2. The summed E-state index contributed by atoms with van der Waals surface area (Å²) < 4.78 is 32.6. The van der Waals surface area contributed by atoms with Crippen LogP contribution in [0.2, 0.25) is 0 Å². The Kier molecular flexibility index (Phi) is 6.14. The Morgan fingerprint density at radius 1 is 0.575 bits per heavy atom. The number of halogens is 2. The third-order valence-electron chi connectivity index (χ3n) is 8.06. The lowest BCUT2D eigenvalue weighted by Crippen LogP contribution is -2.39. The molecule has 6 rings (SSSR count). The zero-order chi connectivity index (χ0) is 28.2. The van der Waals surface area contributed by atoms with E-state index in [-0.39, 0.29) is 17.0 Å². The van der Waals surface area contributed by atoms with Crippen molar-refractivity contribution in [2.45, 2.75) is 45.6 Å². The van der Waals surface area contributed by atoms with Crippen molar-refractivity contribution < 1.29 is 8.78 Å². The SMILES string of the molecule is CC1(C)c2ccccc2-c2cccc(-c3ccc(-c4ccccc4)c(F)c3N(c3ccccc3F)C(C)(C)C)c21. The fourth-order valence-corrected chi connectivity index (χ4v) is 6.36. The van der Waals surface area contributed by atoms with Gasteiger partial charge in [0, 0.05) is 22.1 Å². The molecule has 0 fully saturated rings. The van der Waals surface area contributed by atoms with E-state index in [1.807, 2.05) is 74.2 Å². The van der Waals surface area contributed by atoms with Gasteiger partial charge in [0.1, 0.15) is 5.82 Å². The average molecular weight is 530 g/mol. The maximum absolute atomic E-state index is 17.1. The van der Waals surface area contributed by atoms with Crippen molar-refractivity contribution in [3.05, 3.63) is 132 Å². The third kappa shape index (κ3) is 4.03. The van der Waals surface area contributed by atoms with Gasteiger partial charge < -0.3 is 4.90 Å². The summed E-state index contributed by atoms with van der Waals surface area (Å²) in [5, 5.41) is 0. The first kappa shape index (κ1) is 26.0. The second-order valence-electron chi connectivity index (χ2n) is 12.0. The molecule has 40 heavy (non-hydrogen) atoms. The molecule has 0 amide bonds. The quantitative estimate of drug-likeness (QED) is 0.224. The molecule has 0 unspecified atom stereocenters. The van der Waals surface area contributed by atoms with Crippen molar-refractivity contribution in [3.63, 3.8) is 0 Å². The molecule has 1 nitrogen and oxygen atoms in total. The van der Waals surface area contributed by atoms with Gasteiger partial charge in [-0.1, -0.05) is 111 Å². The molecule has 0 aliphatic heterocycles. The van der Waals surface area contributed by atoms with Crippen molar-refractivity contribution in [1.82, 2.24) is 0 Å². The maximum Gasteiger partial charge on any atom is 0.155 e. The van der Waals surface area contributed by atoms with Gasteiger partial charge in [0.15, 0.2) is 5.82 Å². The molecule has 0 atom stereocenters. The Balaban J connectivity index is 1.71. The van der Waals surface area contributed by atoms with Gasteiger partial charge in [-0.25, -0.2) is 8.78 Å². The van der Waals surface area contributed by atoms with E-state index < -0.39 is 5.54 Å². The normalized spacial score (nSPS) is 13.6. The molecular formula is C37H33F2N. The van der Waals surface area contributed by atoms with Crippen molar-refractivity contribution in [1.29, 1.82) is 0 Å². The van der Waals surface area contributed by atoms with E-state index >= 15 is 8.78 Å². The molecule has 0 saturated heterocycles. The lowest BCUT2D eigenvalue weighted by molar-refractivity contribution is 0.528. The summed E-state index contributed by atoms with van der Waals surface area (Å²) in [4.78, 5) is 1.83. The highest BCUT2D eigenvalue weighted by Crippen LogP contribution is 2.54. The predicted octanol–water partition coefficient (Wildman–Crippen LogP) is 10.5. The first-order valence-corrected chi connectivity index (χ1v) is 13.8. The smallest absolute Gasteiger partial charge is 0.155 e. The van der Waals surface area contributed by atoms with Gasteiger partial charge in [0.05, 0.1) is 11.4 Å². The van der Waals surface area contributed by atoms with Crippen molar-refractivity contribution >= 4 is 11.4 Å². The van der Waals surface area contributed by atoms with Crippen molar-refractivity contribution in [2.24, 2.45) is 0 Å². The van der Waals surface area contributed by atoms with Crippen LogP contribution in [-0.4, -0.2) is 5.54 Å². The summed E-state index contributed by atoms with van der Waals surface area (Å²) in [6.07, 6.45) is 0. The number of hydrogen-bond donors (Lipinski definition) is 0. The molecule has 0 saturated carbocycles. The van der Waals surface area contributed by atoms with E-state index in [4.69, 9.17) is 0 Å². The van der Waals surface area contributed by atoms with E-state index in [1.165, 1.54) is 17.2 Å². The molecule has 0 spiro atoms. The summed E-state index contributed by atoms with van der Waals surface area (Å²) in [7, 11) is 0. The largest absolute Gasteiger partial charge is 0.331 e. The predicted molar refractivity (Wildman–Crippen MR) is 163 cm³/mol. The Labute approximate surface area is 235 Å². The van der Waals surface area contributed by atoms with E-state index in [9.17, 15) is 0 Å². The van der Waals surface area contributed by atoms with Crippen LogP contribution >= 0.6 is 0 Å². The zero-order valence-electron chi connectivity index (χ0n) is 23.6. The van der Waals surface area contributed by atoms with Crippen LogP contribution in [0.4, 0.5) is 20.2 Å². The molecule has 200 valence electrons. The van der Waals surface area contributed by atoms with Crippen molar-refractivity contribution in [3.8, 4) is 33.4 Å². The minimum atomic E-state index is -0.635. The highest BCUT2D eigenvalue weighted by Gasteiger charge is 2.39. The van der Waals surface area contributed by atoms with Gasteiger partial charge in [-0.2, -0.15) is 0 Å². The Morgan fingerprint density at radius 3 is 1.85 bits per heavy atom. The maximum atomic E-state index is 17.1. The second-order valence-corrected chi connectivity index (χ2v) is 12.0. The third-order valence-corrected chi connectivity index (χ3v) is 8.06. The van der Waals surface area contributed by atoms with Gasteiger partial charge in [-0.15, -0.1) is 0 Å². The number of fused-ring (bicyclic) bond motifs is 3. The van der Waals surface area contributed by atoms with Gasteiger partial charge in [0.2, 0.25) is 0 Å². The van der Waals surface area contributed by atoms with Crippen LogP contribution in [0.25, 0.3) is 33.4 Å². The molecule has 0 radical (unpaired) electrons. The van der Waals surface area contributed by atoms with Gasteiger partial charge in [0.25, 0.3) is 0 Å². The topological polar surface area (TPSA) is 3.24 Å². The van der Waals surface area contributed by atoms with E-state index in [0.29, 0.717) is 16.9 Å². The minimum absolute atomic E-state index is 0.293. The summed E-state index contributed by atoms with van der Waals surface area (Å²) in [6.45, 7) is 10.4. The second kappa shape index (κ2) is 9.45. The fraction of sp³-hybridized carbons (Fsp3) is 0.189. The lowest BCUT2D eigenvalue weighted by Gasteiger charge is -2.40. The van der Waals surface area contributed by atoms with Crippen LogP contribution < -0.4 is 4.90 Å². The van der Waals surface area contributed by atoms with Gasteiger partial charge in [-0.3, -0.25) is 0 Å². The van der Waals surface area contributed by atoms with E-state index in [2.05, 4.69) is 50.2 Å². The number of rotatable bonds is 4. The summed E-state index contributed by atoms with van der Waals surface area (Å²) >= 11 is 0. The molecule has 0 heterocycles. The zero-order valence-corrected chi connectivity index (χ0v) is 23.6. The number of para-hydroxylation sites is 1. The van der Waals surface area contributed by atoms with Crippen LogP contribution in [0.5, 0.6) is 0 Å². The van der Waals surface area contributed by atoms with Crippen LogP contribution in [0.1, 0.15) is 45.7 Å². The highest BCUT2D eigenvalue weighted by molar-refractivity contribution is 5.94. The molecule has 5 aromatic carbocycles. The van der Waals surface area contributed by atoms with E-state index in [0.717, 1.165) is 27.8 Å². The minimum Gasteiger partial charge on any atom is -0.331 e. The van der Waals surface area contributed by atoms with Gasteiger partial charge >= 0.3 is 0 Å². The van der Waals surface area contributed by atoms with Gasteiger partial charge in [-0.05, 0) is 66.3 Å². The fourth-order valence-electron chi connectivity index (χ4n) is 6.36. The van der Waals surface area contributed by atoms with Crippen molar-refractivity contribution in [2.75, 3.05) is 4.90 Å². The highest BCUT2D eigenvalue weighted by atomic mass is 19.1. The lowest BCUT2D eigenvalue weighted by atomic mass is 9.78. The number of hydrogen-bond acceptors (Lipinski definition) is 1. The molecule has 0 bridgehead atoms. The number of benzene rings is 5. The molecule has 0 aromatic heterocycles. The summed E-state index contributed by atoms with van der Waals surface area (Å²) in [5.74, 6) is -0.758. The first-order chi connectivity index (χ1) is 19.1. The Hall–Kier alpha value is -4.24. The molecule has 5 aromatic rings. The molecule has 0 N–H and O–H groups in total. The summed E-state index contributed by atoms with van der Waals surface area (Å²) in [5.41, 5.74) is 7.53. The molecular weight excluding hydrogens is 496 g/mol. The Bertz CT molecular complexity index is 1730. The van der Waals surface area contributed by atoms with E-state index in [1.54, 1.807) is 18.2 Å². The molecule has 1 aliphatic rings.